The number of hydrogen-bond donors (Lipinski definition) is 1. The van der Waals surface area contributed by atoms with Crippen molar-refractivity contribution in [3.05, 3.63) is 29.8 Å². The molecule has 0 aromatic heterocycles. The third kappa shape index (κ3) is 3.56. The molecule has 1 saturated heterocycles. The molecule has 2 aliphatic heterocycles. The van der Waals surface area contributed by atoms with Crippen molar-refractivity contribution in [2.45, 2.75) is 44.0 Å². The van der Waals surface area contributed by atoms with Crippen LogP contribution >= 0.6 is 0 Å². The second-order valence-electron chi connectivity index (χ2n) is 7.27. The number of benzene rings is 1. The van der Waals surface area contributed by atoms with E-state index < -0.39 is 17.7 Å². The zero-order valence-corrected chi connectivity index (χ0v) is 15.4. The van der Waals surface area contributed by atoms with Crippen LogP contribution < -0.4 is 5.01 Å². The third-order valence-electron chi connectivity index (χ3n) is 5.48. The van der Waals surface area contributed by atoms with E-state index in [0.717, 1.165) is 4.90 Å². The lowest BCUT2D eigenvalue weighted by Gasteiger charge is -2.40. The topological polar surface area (TPSA) is 79.9 Å². The van der Waals surface area contributed by atoms with Crippen molar-refractivity contribution in [2.24, 2.45) is 11.0 Å². The van der Waals surface area contributed by atoms with Gasteiger partial charge >= 0.3 is 6.18 Å². The summed E-state index contributed by atoms with van der Waals surface area (Å²) in [6.07, 6.45) is -1.58. The van der Waals surface area contributed by atoms with Crippen molar-refractivity contribution in [2.75, 3.05) is 18.1 Å². The van der Waals surface area contributed by atoms with Crippen LogP contribution in [0.4, 0.5) is 18.9 Å². The first-order chi connectivity index (χ1) is 13.2. The summed E-state index contributed by atoms with van der Waals surface area (Å²) in [5.41, 5.74) is -2.18. The Kier molecular flexibility index (Phi) is 5.35. The van der Waals surface area contributed by atoms with Crippen LogP contribution in [-0.2, 0) is 4.79 Å². The van der Waals surface area contributed by atoms with Crippen molar-refractivity contribution < 1.29 is 23.1 Å². The number of rotatable bonds is 3. The second kappa shape index (κ2) is 7.43. The van der Waals surface area contributed by atoms with Crippen LogP contribution in [0.1, 0.15) is 31.7 Å². The molecule has 0 spiro atoms. The number of nitriles is 1. The van der Waals surface area contributed by atoms with Gasteiger partial charge in [0, 0.05) is 25.7 Å². The Bertz CT molecular complexity index is 808. The first-order valence-electron chi connectivity index (χ1n) is 9.06. The van der Waals surface area contributed by atoms with Crippen LogP contribution in [0.2, 0.25) is 0 Å². The molecule has 1 aromatic carbocycles. The number of carbonyl (C=O) groups is 1. The number of amides is 1. The SMILES string of the molecule is C[C@@](O)(C(=O)N1CCC(C2CC=NN2c2ccccc2C#N)CC1)C(F)(F)F. The van der Waals surface area contributed by atoms with Crippen LogP contribution in [-0.4, -0.2) is 53.0 Å². The van der Waals surface area contributed by atoms with Gasteiger partial charge in [0.25, 0.3) is 5.91 Å². The van der Waals surface area contributed by atoms with Crippen LogP contribution in [0.5, 0.6) is 0 Å². The van der Waals surface area contributed by atoms with Crippen LogP contribution in [0.25, 0.3) is 0 Å². The van der Waals surface area contributed by atoms with E-state index in [2.05, 4.69) is 11.2 Å². The number of hydrazone groups is 1. The minimum absolute atomic E-state index is 0.0186. The van der Waals surface area contributed by atoms with Crippen LogP contribution in [0.3, 0.4) is 0 Å². The van der Waals surface area contributed by atoms with Gasteiger partial charge in [0.05, 0.1) is 17.3 Å². The lowest BCUT2D eigenvalue weighted by atomic mass is 9.87. The summed E-state index contributed by atoms with van der Waals surface area (Å²) in [5, 5.41) is 25.1. The van der Waals surface area contributed by atoms with E-state index in [0.29, 0.717) is 37.4 Å². The molecule has 2 heterocycles. The first-order valence-corrected chi connectivity index (χ1v) is 9.06. The quantitative estimate of drug-likeness (QED) is 0.855. The number of piperidine rings is 1. The molecule has 1 unspecified atom stereocenters. The molecule has 0 radical (unpaired) electrons. The van der Waals surface area contributed by atoms with Gasteiger partial charge < -0.3 is 10.0 Å². The molecular formula is C19H21F3N4O2. The Morgan fingerprint density at radius 1 is 1.29 bits per heavy atom. The standard InChI is InChI=1S/C19H21F3N4O2/c1-18(28,19(20,21)22)17(27)25-10-7-13(8-11-25)16-6-9-24-26(16)15-5-3-2-4-14(15)12-23/h2-5,9,13,16,28H,6-8,10-11H2,1H3/t16?,18-/m1/s1. The highest BCUT2D eigenvalue weighted by Crippen LogP contribution is 2.36. The van der Waals surface area contributed by atoms with Crippen LogP contribution in [0, 0.1) is 17.2 Å². The van der Waals surface area contributed by atoms with Gasteiger partial charge in [-0.3, -0.25) is 9.80 Å². The summed E-state index contributed by atoms with van der Waals surface area (Å²) in [5.74, 6) is -1.21. The molecule has 0 saturated carbocycles. The number of aliphatic hydroxyl groups is 1. The molecule has 6 nitrogen and oxygen atoms in total. The zero-order chi connectivity index (χ0) is 20.5. The zero-order valence-electron chi connectivity index (χ0n) is 15.4. The van der Waals surface area contributed by atoms with E-state index in [1.54, 1.807) is 23.4 Å². The first kappa shape index (κ1) is 20.1. The number of halogens is 3. The number of alkyl halides is 3. The van der Waals surface area contributed by atoms with E-state index in [4.69, 9.17) is 0 Å². The Morgan fingerprint density at radius 3 is 2.54 bits per heavy atom. The molecule has 1 amide bonds. The van der Waals surface area contributed by atoms with Gasteiger partial charge in [-0.25, -0.2) is 0 Å². The maximum absolute atomic E-state index is 12.9. The highest BCUT2D eigenvalue weighted by molar-refractivity contribution is 5.85. The molecule has 1 aromatic rings. The molecule has 3 rings (SSSR count). The fraction of sp³-hybridized carbons (Fsp3) is 0.526. The predicted octanol–water partition coefficient (Wildman–Crippen LogP) is 2.67. The fourth-order valence-electron chi connectivity index (χ4n) is 3.75. The summed E-state index contributed by atoms with van der Waals surface area (Å²) in [4.78, 5) is 13.2. The molecule has 9 heteroatoms. The Balaban J connectivity index is 1.68. The van der Waals surface area contributed by atoms with E-state index in [1.165, 1.54) is 0 Å². The average molecular weight is 394 g/mol. The Labute approximate surface area is 160 Å². The largest absolute Gasteiger partial charge is 0.426 e. The van der Waals surface area contributed by atoms with E-state index in [9.17, 15) is 28.3 Å². The lowest BCUT2D eigenvalue weighted by Crippen LogP contribution is -2.58. The fourth-order valence-corrected chi connectivity index (χ4v) is 3.75. The minimum Gasteiger partial charge on any atom is -0.373 e. The summed E-state index contributed by atoms with van der Waals surface area (Å²) < 4.78 is 38.8. The summed E-state index contributed by atoms with van der Waals surface area (Å²) in [6.45, 7) is 0.771. The van der Waals surface area contributed by atoms with E-state index in [1.807, 2.05) is 12.1 Å². The van der Waals surface area contributed by atoms with Crippen molar-refractivity contribution in [1.82, 2.24) is 4.90 Å². The normalized spacial score (nSPS) is 22.8. The lowest BCUT2D eigenvalue weighted by molar-refractivity contribution is -0.250. The minimum atomic E-state index is -5.02. The van der Waals surface area contributed by atoms with Crippen molar-refractivity contribution in [1.29, 1.82) is 5.26 Å². The van der Waals surface area contributed by atoms with Crippen molar-refractivity contribution >= 4 is 17.8 Å². The Morgan fingerprint density at radius 2 is 1.93 bits per heavy atom. The van der Waals surface area contributed by atoms with Crippen molar-refractivity contribution in [3.8, 4) is 6.07 Å². The smallest absolute Gasteiger partial charge is 0.373 e. The molecule has 0 aliphatic carbocycles. The summed E-state index contributed by atoms with van der Waals surface area (Å²) in [6, 6.07) is 9.24. The maximum atomic E-state index is 12.9. The number of carbonyl (C=O) groups excluding carboxylic acids is 1. The number of hydrogen-bond acceptors (Lipinski definition) is 5. The molecule has 2 atom stereocenters. The predicted molar refractivity (Wildman–Crippen MR) is 96.5 cm³/mol. The average Bonchev–Trinajstić information content (AvgIpc) is 3.16. The number of likely N-dealkylation sites (tertiary alicyclic amines) is 1. The highest BCUT2D eigenvalue weighted by atomic mass is 19.4. The molecule has 28 heavy (non-hydrogen) atoms. The summed E-state index contributed by atoms with van der Waals surface area (Å²) in [7, 11) is 0. The monoisotopic (exact) mass is 394 g/mol. The van der Waals surface area contributed by atoms with E-state index >= 15 is 0 Å². The van der Waals surface area contributed by atoms with E-state index in [-0.39, 0.29) is 25.0 Å². The number of nitrogens with zero attached hydrogens (tertiary/aromatic N) is 4. The summed E-state index contributed by atoms with van der Waals surface area (Å²) >= 11 is 0. The maximum Gasteiger partial charge on any atom is 0.426 e. The number of anilines is 1. The van der Waals surface area contributed by atoms with Crippen LogP contribution in [0.15, 0.2) is 29.4 Å². The molecule has 150 valence electrons. The van der Waals surface area contributed by atoms with Gasteiger partial charge in [-0.05, 0) is 37.8 Å². The highest BCUT2D eigenvalue weighted by Gasteiger charge is 2.57. The number of para-hydroxylation sites is 1. The molecular weight excluding hydrogens is 373 g/mol. The third-order valence-corrected chi connectivity index (χ3v) is 5.48. The van der Waals surface area contributed by atoms with Gasteiger partial charge in [0.2, 0.25) is 5.60 Å². The van der Waals surface area contributed by atoms with Gasteiger partial charge in [-0.1, -0.05) is 12.1 Å². The second-order valence-corrected chi connectivity index (χ2v) is 7.27. The van der Waals surface area contributed by atoms with Crippen molar-refractivity contribution in [3.63, 3.8) is 0 Å². The van der Waals surface area contributed by atoms with Gasteiger partial charge in [0.1, 0.15) is 6.07 Å². The van der Waals surface area contributed by atoms with Gasteiger partial charge in [-0.2, -0.15) is 23.5 Å². The molecule has 0 bridgehead atoms. The molecule has 1 fully saturated rings. The van der Waals surface area contributed by atoms with Gasteiger partial charge in [-0.15, -0.1) is 0 Å². The Hall–Kier alpha value is -2.60. The molecule has 1 N–H and O–H groups in total. The molecule has 2 aliphatic rings. The van der Waals surface area contributed by atoms with Gasteiger partial charge in [0.15, 0.2) is 0 Å².